The summed E-state index contributed by atoms with van der Waals surface area (Å²) in [5, 5.41) is 10.4. The molecule has 0 amide bonds. The van der Waals surface area contributed by atoms with E-state index in [2.05, 4.69) is 4.98 Å². The maximum Gasteiger partial charge on any atom is 0.389 e. The van der Waals surface area contributed by atoms with E-state index in [1.807, 2.05) is 0 Å². The average molecular weight is 292 g/mol. The minimum absolute atomic E-state index is 0.000840. The zero-order valence-electron chi connectivity index (χ0n) is 10.5. The molecule has 0 saturated heterocycles. The van der Waals surface area contributed by atoms with Crippen molar-refractivity contribution >= 4 is 12.1 Å². The first kappa shape index (κ1) is 16.1. The molecular weight excluding hydrogens is 279 g/mol. The first-order valence-corrected chi connectivity index (χ1v) is 5.96. The van der Waals surface area contributed by atoms with Gasteiger partial charge in [-0.15, -0.1) is 0 Å². The van der Waals surface area contributed by atoms with E-state index in [9.17, 15) is 28.1 Å². The van der Waals surface area contributed by atoms with Gasteiger partial charge in [-0.2, -0.15) is 13.2 Å². The first-order chi connectivity index (χ1) is 9.33. The number of carbonyl (C=O) groups excluding carboxylic acids is 1. The van der Waals surface area contributed by atoms with Gasteiger partial charge in [0, 0.05) is 6.42 Å². The molecule has 0 aliphatic carbocycles. The summed E-state index contributed by atoms with van der Waals surface area (Å²) in [6, 6.07) is -0.762. The Bertz CT molecular complexity index is 459. The third kappa shape index (κ3) is 5.37. The van der Waals surface area contributed by atoms with Crippen LogP contribution in [0, 0.1) is 10.1 Å². The molecule has 1 radical (unpaired) electrons. The van der Waals surface area contributed by atoms with E-state index in [-0.39, 0.29) is 18.7 Å². The van der Waals surface area contributed by atoms with Gasteiger partial charge >= 0.3 is 12.0 Å². The molecule has 1 atom stereocenters. The second-order valence-electron chi connectivity index (χ2n) is 4.28. The number of nitro groups is 1. The molecule has 1 unspecified atom stereocenters. The Hall–Kier alpha value is -1.93. The van der Waals surface area contributed by atoms with Crippen LogP contribution in [0.2, 0.25) is 0 Å². The lowest BCUT2D eigenvalue weighted by Gasteiger charge is -2.09. The van der Waals surface area contributed by atoms with Gasteiger partial charge in [0.15, 0.2) is 0 Å². The van der Waals surface area contributed by atoms with Crippen LogP contribution in [0.4, 0.5) is 19.0 Å². The lowest BCUT2D eigenvalue weighted by molar-refractivity contribution is -0.389. The van der Waals surface area contributed by atoms with E-state index in [1.165, 1.54) is 4.57 Å². The van der Waals surface area contributed by atoms with Gasteiger partial charge in [0.1, 0.15) is 12.2 Å². The minimum atomic E-state index is -4.17. The van der Waals surface area contributed by atoms with E-state index < -0.39 is 23.6 Å². The predicted octanol–water partition coefficient (Wildman–Crippen LogP) is 2.95. The molecule has 6 nitrogen and oxygen atoms in total. The Morgan fingerprint density at radius 1 is 1.40 bits per heavy atom. The molecule has 111 valence electrons. The number of unbranched alkanes of at least 4 members (excludes halogenated alkanes) is 2. The SMILES string of the molecule is O=[C]C(CCCCCC(F)(F)F)n1cnc([N+](=O)[O-])c1. The van der Waals surface area contributed by atoms with Crippen molar-refractivity contribution < 1.29 is 22.9 Å². The predicted molar refractivity (Wildman–Crippen MR) is 62.8 cm³/mol. The van der Waals surface area contributed by atoms with Crippen LogP contribution in [0.1, 0.15) is 38.1 Å². The molecule has 9 heteroatoms. The molecule has 0 bridgehead atoms. The van der Waals surface area contributed by atoms with Crippen molar-refractivity contribution in [1.82, 2.24) is 9.55 Å². The van der Waals surface area contributed by atoms with Crippen molar-refractivity contribution in [2.45, 2.75) is 44.3 Å². The highest BCUT2D eigenvalue weighted by Crippen LogP contribution is 2.24. The zero-order chi connectivity index (χ0) is 15.2. The fourth-order valence-electron chi connectivity index (χ4n) is 1.70. The van der Waals surface area contributed by atoms with Crippen molar-refractivity contribution in [3.05, 3.63) is 22.6 Å². The number of nitrogens with zero attached hydrogens (tertiary/aromatic N) is 3. The Morgan fingerprint density at radius 3 is 2.60 bits per heavy atom. The lowest BCUT2D eigenvalue weighted by atomic mass is 10.1. The summed E-state index contributed by atoms with van der Waals surface area (Å²) in [4.78, 5) is 24.0. The Kier molecular flexibility index (Phi) is 5.66. The van der Waals surface area contributed by atoms with E-state index in [1.54, 1.807) is 6.29 Å². The molecule has 0 fully saturated rings. The number of alkyl halides is 3. The van der Waals surface area contributed by atoms with Gasteiger partial charge in [0.05, 0.1) is 0 Å². The minimum Gasteiger partial charge on any atom is -0.358 e. The van der Waals surface area contributed by atoms with Crippen LogP contribution in [0.25, 0.3) is 0 Å². The van der Waals surface area contributed by atoms with Crippen molar-refractivity contribution in [1.29, 1.82) is 0 Å². The molecule has 1 aromatic rings. The van der Waals surface area contributed by atoms with Crippen LogP contribution in [0.3, 0.4) is 0 Å². The quantitative estimate of drug-likeness (QED) is 0.419. The van der Waals surface area contributed by atoms with Crippen LogP contribution in [-0.4, -0.2) is 26.9 Å². The van der Waals surface area contributed by atoms with Gasteiger partial charge in [0.2, 0.25) is 12.6 Å². The van der Waals surface area contributed by atoms with Crippen molar-refractivity contribution in [2.75, 3.05) is 0 Å². The Balaban J connectivity index is 2.39. The monoisotopic (exact) mass is 292 g/mol. The van der Waals surface area contributed by atoms with Crippen LogP contribution in [0.15, 0.2) is 12.5 Å². The number of hydrogen-bond acceptors (Lipinski definition) is 4. The smallest absolute Gasteiger partial charge is 0.358 e. The summed E-state index contributed by atoms with van der Waals surface area (Å²) in [5.41, 5.74) is 0. The van der Waals surface area contributed by atoms with Gasteiger partial charge < -0.3 is 10.1 Å². The standard InChI is InChI=1S/C11H13F3N3O3/c12-11(13,14)5-3-1-2-4-9(7-18)16-6-10(15-8-16)17(19)20/h6,8-9H,1-5H2. The molecular formula is C11H13F3N3O3. The third-order valence-electron chi connectivity index (χ3n) is 2.71. The van der Waals surface area contributed by atoms with Gasteiger partial charge in [-0.05, 0) is 22.7 Å². The maximum atomic E-state index is 11.9. The molecule has 0 N–H and O–H groups in total. The van der Waals surface area contributed by atoms with E-state index in [4.69, 9.17) is 0 Å². The molecule has 0 saturated carbocycles. The van der Waals surface area contributed by atoms with Crippen LogP contribution < -0.4 is 0 Å². The largest absolute Gasteiger partial charge is 0.389 e. The summed E-state index contributed by atoms with van der Waals surface area (Å²) in [6.07, 6.45) is -0.0587. The topological polar surface area (TPSA) is 78.0 Å². The summed E-state index contributed by atoms with van der Waals surface area (Å²) < 4.78 is 37.0. The summed E-state index contributed by atoms with van der Waals surface area (Å²) >= 11 is 0. The maximum absolute atomic E-state index is 11.9. The fourth-order valence-corrected chi connectivity index (χ4v) is 1.70. The Labute approximate surface area is 112 Å². The highest BCUT2D eigenvalue weighted by Gasteiger charge is 2.26. The second kappa shape index (κ2) is 7.01. The van der Waals surface area contributed by atoms with Crippen molar-refractivity contribution in [2.24, 2.45) is 0 Å². The highest BCUT2D eigenvalue weighted by molar-refractivity contribution is 5.56. The van der Waals surface area contributed by atoms with Gasteiger partial charge in [-0.25, -0.2) is 0 Å². The van der Waals surface area contributed by atoms with Crippen LogP contribution >= 0.6 is 0 Å². The van der Waals surface area contributed by atoms with Crippen molar-refractivity contribution in [3.8, 4) is 0 Å². The van der Waals surface area contributed by atoms with E-state index >= 15 is 0 Å². The van der Waals surface area contributed by atoms with Gasteiger partial charge in [-0.3, -0.25) is 9.36 Å². The zero-order valence-corrected chi connectivity index (χ0v) is 10.5. The number of imidazole rings is 1. The molecule has 0 aliphatic heterocycles. The molecule has 1 heterocycles. The molecule has 0 aliphatic rings. The highest BCUT2D eigenvalue weighted by atomic mass is 19.4. The summed E-state index contributed by atoms with van der Waals surface area (Å²) in [6.45, 7) is 0. The third-order valence-corrected chi connectivity index (χ3v) is 2.71. The van der Waals surface area contributed by atoms with Crippen LogP contribution in [0.5, 0.6) is 0 Å². The molecule has 1 rings (SSSR count). The molecule has 0 aromatic carbocycles. The molecule has 20 heavy (non-hydrogen) atoms. The van der Waals surface area contributed by atoms with Gasteiger partial charge in [-0.1, -0.05) is 12.8 Å². The number of aromatic nitrogens is 2. The van der Waals surface area contributed by atoms with E-state index in [0.717, 1.165) is 12.5 Å². The lowest BCUT2D eigenvalue weighted by Crippen LogP contribution is -2.09. The normalized spacial score (nSPS) is 13.2. The number of rotatable bonds is 8. The Morgan fingerprint density at radius 2 is 2.10 bits per heavy atom. The second-order valence-corrected chi connectivity index (χ2v) is 4.28. The number of hydrogen-bond donors (Lipinski definition) is 0. The summed E-state index contributed by atoms with van der Waals surface area (Å²) in [7, 11) is 0. The molecule has 0 spiro atoms. The first-order valence-electron chi connectivity index (χ1n) is 5.96. The molecule has 1 aromatic heterocycles. The van der Waals surface area contributed by atoms with Crippen LogP contribution in [-0.2, 0) is 4.79 Å². The fraction of sp³-hybridized carbons (Fsp3) is 0.636. The number of halogens is 3. The van der Waals surface area contributed by atoms with Crippen molar-refractivity contribution in [3.63, 3.8) is 0 Å². The van der Waals surface area contributed by atoms with Gasteiger partial charge in [0.25, 0.3) is 0 Å². The summed E-state index contributed by atoms with van der Waals surface area (Å²) in [5.74, 6) is -0.387. The average Bonchev–Trinajstić information content (AvgIpc) is 2.82. The van der Waals surface area contributed by atoms with E-state index in [0.29, 0.717) is 12.8 Å².